The number of carbonyl (C=O) groups is 1. The van der Waals surface area contributed by atoms with Gasteiger partial charge in [-0.05, 0) is 12.0 Å². The summed E-state index contributed by atoms with van der Waals surface area (Å²) in [5, 5.41) is 0. The molecule has 0 amide bonds. The predicted molar refractivity (Wildman–Crippen MR) is 63.1 cm³/mol. The standard InChI is InChI=1S/C13H18O4/c1-2-3-9-15-13(14)11-17-16-10-12-7-5-4-6-8-12/h4-8H,2-3,9-11H2,1H3. The molecule has 1 rings (SSSR count). The van der Waals surface area contributed by atoms with E-state index in [1.165, 1.54) is 0 Å². The molecule has 0 atom stereocenters. The Hall–Kier alpha value is -1.39. The summed E-state index contributed by atoms with van der Waals surface area (Å²) in [6.07, 6.45) is 1.87. The van der Waals surface area contributed by atoms with Crippen LogP contribution >= 0.6 is 0 Å². The molecule has 0 unspecified atom stereocenters. The van der Waals surface area contributed by atoms with Crippen LogP contribution in [0.15, 0.2) is 30.3 Å². The van der Waals surface area contributed by atoms with E-state index in [4.69, 9.17) is 14.5 Å². The highest BCUT2D eigenvalue weighted by Crippen LogP contribution is 2.00. The molecule has 0 radical (unpaired) electrons. The summed E-state index contributed by atoms with van der Waals surface area (Å²) in [5.41, 5.74) is 0.992. The SMILES string of the molecule is CCCCOC(=O)COOCc1ccccc1. The summed E-state index contributed by atoms with van der Waals surface area (Å²) in [6, 6.07) is 9.59. The molecule has 4 heteroatoms. The highest BCUT2D eigenvalue weighted by atomic mass is 17.2. The van der Waals surface area contributed by atoms with Gasteiger partial charge in [-0.15, -0.1) is 0 Å². The summed E-state index contributed by atoms with van der Waals surface area (Å²) < 4.78 is 4.89. The van der Waals surface area contributed by atoms with Crippen LogP contribution in [-0.4, -0.2) is 19.2 Å². The molecule has 94 valence electrons. The fourth-order valence-corrected chi connectivity index (χ4v) is 1.15. The average Bonchev–Trinajstić information content (AvgIpc) is 2.36. The molecule has 0 saturated heterocycles. The van der Waals surface area contributed by atoms with Crippen molar-refractivity contribution in [2.45, 2.75) is 26.4 Å². The lowest BCUT2D eigenvalue weighted by atomic mass is 10.2. The van der Waals surface area contributed by atoms with Crippen LogP contribution in [0.4, 0.5) is 0 Å². The van der Waals surface area contributed by atoms with Crippen molar-refractivity contribution in [3.05, 3.63) is 35.9 Å². The number of ether oxygens (including phenoxy) is 1. The average molecular weight is 238 g/mol. The molecule has 1 aromatic carbocycles. The molecule has 0 fully saturated rings. The first kappa shape index (κ1) is 13.7. The van der Waals surface area contributed by atoms with E-state index in [1.54, 1.807) is 0 Å². The normalized spacial score (nSPS) is 10.2. The lowest BCUT2D eigenvalue weighted by Gasteiger charge is -2.05. The smallest absolute Gasteiger partial charge is 0.335 e. The van der Waals surface area contributed by atoms with Crippen LogP contribution < -0.4 is 0 Å². The zero-order valence-electron chi connectivity index (χ0n) is 10.1. The molecular weight excluding hydrogens is 220 g/mol. The van der Waals surface area contributed by atoms with Crippen molar-refractivity contribution >= 4 is 5.97 Å². The fraction of sp³-hybridized carbons (Fsp3) is 0.462. The van der Waals surface area contributed by atoms with Crippen LogP contribution in [0.3, 0.4) is 0 Å². The monoisotopic (exact) mass is 238 g/mol. The van der Waals surface area contributed by atoms with E-state index in [2.05, 4.69) is 0 Å². The molecule has 0 heterocycles. The number of hydrogen-bond donors (Lipinski definition) is 0. The third-order valence-corrected chi connectivity index (χ3v) is 2.09. The predicted octanol–water partition coefficient (Wildman–Crippen LogP) is 2.48. The molecule has 0 aliphatic heterocycles. The Bertz CT molecular complexity index is 310. The molecular formula is C13H18O4. The molecule has 0 aliphatic rings. The highest BCUT2D eigenvalue weighted by molar-refractivity contribution is 5.70. The highest BCUT2D eigenvalue weighted by Gasteiger charge is 2.03. The summed E-state index contributed by atoms with van der Waals surface area (Å²) >= 11 is 0. The second-order valence-electron chi connectivity index (χ2n) is 3.58. The summed E-state index contributed by atoms with van der Waals surface area (Å²) in [5.74, 6) is -0.397. The Morgan fingerprint density at radius 2 is 1.94 bits per heavy atom. The van der Waals surface area contributed by atoms with Crippen molar-refractivity contribution in [1.82, 2.24) is 0 Å². The quantitative estimate of drug-likeness (QED) is 0.302. The second-order valence-corrected chi connectivity index (χ2v) is 3.58. The first-order valence-electron chi connectivity index (χ1n) is 5.77. The van der Waals surface area contributed by atoms with Gasteiger partial charge in [0.1, 0.15) is 6.61 Å². The zero-order chi connectivity index (χ0) is 12.3. The van der Waals surface area contributed by atoms with Gasteiger partial charge in [0.05, 0.1) is 6.61 Å². The van der Waals surface area contributed by atoms with Crippen LogP contribution in [0.25, 0.3) is 0 Å². The van der Waals surface area contributed by atoms with Crippen molar-refractivity contribution < 1.29 is 19.3 Å². The molecule has 0 spiro atoms. The molecule has 17 heavy (non-hydrogen) atoms. The van der Waals surface area contributed by atoms with Gasteiger partial charge in [0, 0.05) is 0 Å². The number of esters is 1. The topological polar surface area (TPSA) is 44.8 Å². The van der Waals surface area contributed by atoms with Gasteiger partial charge in [0.15, 0.2) is 6.61 Å². The van der Waals surface area contributed by atoms with Crippen LogP contribution in [0.2, 0.25) is 0 Å². The van der Waals surface area contributed by atoms with Gasteiger partial charge in [-0.3, -0.25) is 0 Å². The number of unbranched alkanes of at least 4 members (excludes halogenated alkanes) is 1. The molecule has 0 saturated carbocycles. The van der Waals surface area contributed by atoms with Crippen LogP contribution in [-0.2, 0) is 25.9 Å². The molecule has 0 N–H and O–H groups in total. The van der Waals surface area contributed by atoms with E-state index in [9.17, 15) is 4.79 Å². The minimum atomic E-state index is -0.397. The largest absolute Gasteiger partial charge is 0.464 e. The van der Waals surface area contributed by atoms with E-state index in [0.29, 0.717) is 13.2 Å². The van der Waals surface area contributed by atoms with E-state index in [1.807, 2.05) is 37.3 Å². The maximum absolute atomic E-state index is 11.1. The number of rotatable bonds is 8. The van der Waals surface area contributed by atoms with Gasteiger partial charge in [0.25, 0.3) is 0 Å². The third-order valence-electron chi connectivity index (χ3n) is 2.09. The Kier molecular flexibility index (Phi) is 7.02. The van der Waals surface area contributed by atoms with Crippen molar-refractivity contribution in [1.29, 1.82) is 0 Å². The lowest BCUT2D eigenvalue weighted by molar-refractivity contribution is -0.301. The number of carbonyl (C=O) groups excluding carboxylic acids is 1. The minimum Gasteiger partial charge on any atom is -0.464 e. The second kappa shape index (κ2) is 8.73. The Labute approximate surface area is 101 Å². The van der Waals surface area contributed by atoms with Crippen molar-refractivity contribution in [2.24, 2.45) is 0 Å². The lowest BCUT2D eigenvalue weighted by Crippen LogP contribution is -2.13. The third kappa shape index (κ3) is 6.71. The Balaban J connectivity index is 2.02. The van der Waals surface area contributed by atoms with Crippen molar-refractivity contribution in [3.63, 3.8) is 0 Å². The van der Waals surface area contributed by atoms with Crippen molar-refractivity contribution in [3.8, 4) is 0 Å². The first-order valence-corrected chi connectivity index (χ1v) is 5.77. The summed E-state index contributed by atoms with van der Waals surface area (Å²) in [7, 11) is 0. The molecule has 0 aliphatic carbocycles. The molecule has 0 aromatic heterocycles. The van der Waals surface area contributed by atoms with E-state index >= 15 is 0 Å². The maximum Gasteiger partial charge on any atom is 0.335 e. The molecule has 0 bridgehead atoms. The fourth-order valence-electron chi connectivity index (χ4n) is 1.15. The first-order chi connectivity index (χ1) is 8.33. The molecule has 1 aromatic rings. The zero-order valence-corrected chi connectivity index (χ0v) is 10.1. The summed E-state index contributed by atoms with van der Waals surface area (Å²) in [6.45, 7) is 2.63. The van der Waals surface area contributed by atoms with Crippen molar-refractivity contribution in [2.75, 3.05) is 13.2 Å². The van der Waals surface area contributed by atoms with Gasteiger partial charge in [-0.25, -0.2) is 14.6 Å². The number of benzene rings is 1. The van der Waals surface area contributed by atoms with Gasteiger partial charge in [-0.2, -0.15) is 0 Å². The maximum atomic E-state index is 11.1. The minimum absolute atomic E-state index is 0.170. The Morgan fingerprint density at radius 1 is 1.18 bits per heavy atom. The van der Waals surface area contributed by atoms with Crippen LogP contribution in [0, 0.1) is 0 Å². The van der Waals surface area contributed by atoms with E-state index in [-0.39, 0.29) is 6.61 Å². The molecule has 4 nitrogen and oxygen atoms in total. The van der Waals surface area contributed by atoms with Gasteiger partial charge < -0.3 is 4.74 Å². The number of hydrogen-bond acceptors (Lipinski definition) is 4. The van der Waals surface area contributed by atoms with E-state index in [0.717, 1.165) is 18.4 Å². The van der Waals surface area contributed by atoms with Crippen LogP contribution in [0.1, 0.15) is 25.3 Å². The van der Waals surface area contributed by atoms with E-state index < -0.39 is 5.97 Å². The Morgan fingerprint density at radius 3 is 2.65 bits per heavy atom. The van der Waals surface area contributed by atoms with Gasteiger partial charge in [-0.1, -0.05) is 43.7 Å². The van der Waals surface area contributed by atoms with Crippen LogP contribution in [0.5, 0.6) is 0 Å². The van der Waals surface area contributed by atoms with Gasteiger partial charge >= 0.3 is 5.97 Å². The van der Waals surface area contributed by atoms with Gasteiger partial charge in [0.2, 0.25) is 0 Å². The summed E-state index contributed by atoms with van der Waals surface area (Å²) in [4.78, 5) is 20.8.